The molecule has 0 saturated carbocycles. The van der Waals surface area contributed by atoms with Gasteiger partial charge in [0.1, 0.15) is 11.3 Å². The molecule has 1 aliphatic rings. The molecule has 2 N–H and O–H groups in total. The largest absolute Gasteiger partial charge is 0.483 e. The Balaban J connectivity index is 1.70. The number of amides is 4. The molecule has 4 amide bonds. The highest BCUT2D eigenvalue weighted by Gasteiger charge is 2.52. The zero-order valence-corrected chi connectivity index (χ0v) is 15.2. The number of benzene rings is 2. The molecule has 1 atom stereocenters. The number of rotatable bonds is 7. The molecule has 0 unspecified atom stereocenters. The second-order valence-electron chi connectivity index (χ2n) is 6.17. The number of hydrogen-bond acceptors (Lipinski definition) is 5. The van der Waals surface area contributed by atoms with Crippen LogP contribution in [0.25, 0.3) is 0 Å². The predicted molar refractivity (Wildman–Crippen MR) is 99.3 cm³/mol. The van der Waals surface area contributed by atoms with Gasteiger partial charge in [0.15, 0.2) is 12.9 Å². The lowest BCUT2D eigenvalue weighted by molar-refractivity contribution is -0.140. The molecule has 1 heterocycles. The Labute approximate surface area is 161 Å². The summed E-state index contributed by atoms with van der Waals surface area (Å²) in [6, 6.07) is 14.5. The van der Waals surface area contributed by atoms with E-state index < -0.39 is 30.0 Å². The van der Waals surface area contributed by atoms with Crippen molar-refractivity contribution in [3.8, 4) is 5.75 Å². The van der Waals surface area contributed by atoms with Gasteiger partial charge in [0.25, 0.3) is 11.8 Å². The molecule has 1 fully saturated rings. The summed E-state index contributed by atoms with van der Waals surface area (Å²) in [5.41, 5.74) is 1.94. The van der Waals surface area contributed by atoms with Crippen LogP contribution in [0.15, 0.2) is 54.6 Å². The van der Waals surface area contributed by atoms with Crippen LogP contribution in [0, 0.1) is 0 Å². The molecule has 8 nitrogen and oxygen atoms in total. The molecule has 0 bridgehead atoms. The summed E-state index contributed by atoms with van der Waals surface area (Å²) >= 11 is 0. The number of urea groups is 1. The zero-order chi connectivity index (χ0) is 20.1. The standard InChI is InChI=1S/C20H19N3O5/c1-2-20(15-9-4-3-5-10-15)18(26)23(19(27)21-20)22-17(25)13-28-16-11-7-6-8-14(16)12-24/h3-12H,2,13H2,1H3,(H,21,27)(H,22,25)/t20-/m0/s1. The van der Waals surface area contributed by atoms with Crippen LogP contribution in [0.4, 0.5) is 4.79 Å². The normalized spacial score (nSPS) is 18.5. The van der Waals surface area contributed by atoms with Crippen LogP contribution in [0.5, 0.6) is 5.75 Å². The van der Waals surface area contributed by atoms with Crippen molar-refractivity contribution in [1.82, 2.24) is 15.8 Å². The van der Waals surface area contributed by atoms with Crippen LogP contribution in [-0.4, -0.2) is 35.7 Å². The maximum Gasteiger partial charge on any atom is 0.344 e. The van der Waals surface area contributed by atoms with Gasteiger partial charge in [-0.2, -0.15) is 5.01 Å². The van der Waals surface area contributed by atoms with Crippen molar-refractivity contribution in [3.63, 3.8) is 0 Å². The molecule has 1 saturated heterocycles. The van der Waals surface area contributed by atoms with E-state index in [4.69, 9.17) is 4.74 Å². The molecule has 2 aromatic carbocycles. The summed E-state index contributed by atoms with van der Waals surface area (Å²) in [7, 11) is 0. The van der Waals surface area contributed by atoms with E-state index in [1.165, 1.54) is 0 Å². The third-order valence-corrected chi connectivity index (χ3v) is 4.53. The van der Waals surface area contributed by atoms with Gasteiger partial charge in [-0.3, -0.25) is 19.8 Å². The lowest BCUT2D eigenvalue weighted by Crippen LogP contribution is -2.49. The van der Waals surface area contributed by atoms with Crippen LogP contribution >= 0.6 is 0 Å². The Morgan fingerprint density at radius 3 is 2.50 bits per heavy atom. The van der Waals surface area contributed by atoms with Crippen molar-refractivity contribution >= 4 is 24.1 Å². The monoisotopic (exact) mass is 381 g/mol. The number of nitrogens with one attached hydrogen (secondary N) is 2. The summed E-state index contributed by atoms with van der Waals surface area (Å²) in [4.78, 5) is 48.4. The van der Waals surface area contributed by atoms with E-state index in [0.29, 0.717) is 28.8 Å². The van der Waals surface area contributed by atoms with Crippen molar-refractivity contribution in [2.75, 3.05) is 6.61 Å². The van der Waals surface area contributed by atoms with Crippen LogP contribution in [-0.2, 0) is 15.1 Å². The smallest absolute Gasteiger partial charge is 0.344 e. The first kappa shape index (κ1) is 19.1. The number of ether oxygens (including phenoxy) is 1. The summed E-state index contributed by atoms with van der Waals surface area (Å²) in [5.74, 6) is -1.05. The van der Waals surface area contributed by atoms with Crippen molar-refractivity contribution in [2.24, 2.45) is 0 Å². The fourth-order valence-electron chi connectivity index (χ4n) is 3.05. The predicted octanol–water partition coefficient (Wildman–Crippen LogP) is 1.77. The quantitative estimate of drug-likeness (QED) is 0.562. The number of para-hydroxylation sites is 1. The number of hydrogen-bond donors (Lipinski definition) is 2. The number of aldehydes is 1. The summed E-state index contributed by atoms with van der Waals surface area (Å²) < 4.78 is 5.32. The van der Waals surface area contributed by atoms with Gasteiger partial charge in [0.05, 0.1) is 5.56 Å². The molecular formula is C20H19N3O5. The molecule has 2 aromatic rings. The first-order valence-corrected chi connectivity index (χ1v) is 8.70. The van der Waals surface area contributed by atoms with E-state index in [2.05, 4.69) is 10.7 Å². The van der Waals surface area contributed by atoms with Gasteiger partial charge in [-0.15, -0.1) is 0 Å². The van der Waals surface area contributed by atoms with Crippen LogP contribution in [0.2, 0.25) is 0 Å². The fraction of sp³-hybridized carbons (Fsp3) is 0.200. The molecule has 0 radical (unpaired) electrons. The Morgan fingerprint density at radius 2 is 1.82 bits per heavy atom. The number of hydrazine groups is 1. The van der Waals surface area contributed by atoms with Gasteiger partial charge < -0.3 is 10.1 Å². The average molecular weight is 381 g/mol. The fourth-order valence-corrected chi connectivity index (χ4v) is 3.05. The minimum atomic E-state index is -1.24. The molecule has 28 heavy (non-hydrogen) atoms. The first-order chi connectivity index (χ1) is 13.5. The molecule has 1 aliphatic heterocycles. The highest BCUT2D eigenvalue weighted by atomic mass is 16.5. The molecule has 8 heteroatoms. The van der Waals surface area contributed by atoms with Gasteiger partial charge in [-0.05, 0) is 24.1 Å². The van der Waals surface area contributed by atoms with E-state index in [1.807, 2.05) is 6.07 Å². The van der Waals surface area contributed by atoms with Crippen LogP contribution < -0.4 is 15.5 Å². The SMILES string of the molecule is CC[C@@]1(c2ccccc2)NC(=O)N(NC(=O)COc2ccccc2C=O)C1=O. The second kappa shape index (κ2) is 7.91. The zero-order valence-electron chi connectivity index (χ0n) is 15.2. The molecule has 0 aromatic heterocycles. The van der Waals surface area contributed by atoms with Crippen LogP contribution in [0.3, 0.4) is 0 Å². The minimum absolute atomic E-state index is 0.233. The Kier molecular flexibility index (Phi) is 5.39. The summed E-state index contributed by atoms with van der Waals surface area (Å²) in [5, 5.41) is 3.33. The van der Waals surface area contributed by atoms with Crippen LogP contribution in [0.1, 0.15) is 29.3 Å². The number of carbonyl (C=O) groups is 4. The summed E-state index contributed by atoms with van der Waals surface area (Å²) in [6.07, 6.45) is 0.928. The lowest BCUT2D eigenvalue weighted by Gasteiger charge is -2.25. The minimum Gasteiger partial charge on any atom is -0.483 e. The topological polar surface area (TPSA) is 105 Å². The van der Waals surface area contributed by atoms with Crippen molar-refractivity contribution < 1.29 is 23.9 Å². The van der Waals surface area contributed by atoms with E-state index in [-0.39, 0.29) is 5.75 Å². The van der Waals surface area contributed by atoms with Crippen molar-refractivity contribution in [2.45, 2.75) is 18.9 Å². The van der Waals surface area contributed by atoms with Gasteiger partial charge in [-0.1, -0.05) is 49.4 Å². The second-order valence-corrected chi connectivity index (χ2v) is 6.17. The number of carbonyl (C=O) groups excluding carboxylic acids is 4. The maximum atomic E-state index is 12.9. The average Bonchev–Trinajstić information content (AvgIpc) is 2.98. The third kappa shape index (κ3) is 3.44. The van der Waals surface area contributed by atoms with Gasteiger partial charge in [-0.25, -0.2) is 4.79 Å². The van der Waals surface area contributed by atoms with Crippen molar-refractivity contribution in [3.05, 3.63) is 65.7 Å². The summed E-state index contributed by atoms with van der Waals surface area (Å²) in [6.45, 7) is 1.31. The highest BCUT2D eigenvalue weighted by molar-refractivity contribution is 6.08. The highest BCUT2D eigenvalue weighted by Crippen LogP contribution is 2.31. The van der Waals surface area contributed by atoms with Gasteiger partial charge in [0.2, 0.25) is 0 Å². The molecule has 3 rings (SSSR count). The molecular weight excluding hydrogens is 362 g/mol. The lowest BCUT2D eigenvalue weighted by atomic mass is 9.87. The molecule has 0 spiro atoms. The maximum absolute atomic E-state index is 12.9. The van der Waals surface area contributed by atoms with E-state index in [0.717, 1.165) is 0 Å². The number of imide groups is 1. The van der Waals surface area contributed by atoms with Gasteiger partial charge in [0, 0.05) is 0 Å². The Bertz CT molecular complexity index is 915. The van der Waals surface area contributed by atoms with E-state index in [9.17, 15) is 19.2 Å². The Hall–Kier alpha value is -3.68. The Morgan fingerprint density at radius 1 is 1.14 bits per heavy atom. The third-order valence-electron chi connectivity index (χ3n) is 4.53. The molecule has 144 valence electrons. The van der Waals surface area contributed by atoms with Crippen molar-refractivity contribution in [1.29, 1.82) is 0 Å². The van der Waals surface area contributed by atoms with E-state index in [1.54, 1.807) is 55.5 Å². The molecule has 0 aliphatic carbocycles. The van der Waals surface area contributed by atoms with Gasteiger partial charge >= 0.3 is 6.03 Å². The first-order valence-electron chi connectivity index (χ1n) is 8.70. The number of nitrogens with zero attached hydrogens (tertiary/aromatic N) is 1. The van der Waals surface area contributed by atoms with E-state index >= 15 is 0 Å².